The van der Waals surface area contributed by atoms with Crippen molar-refractivity contribution in [1.29, 1.82) is 0 Å². The Balaban J connectivity index is 1.19. The molecule has 2 aliphatic carbocycles. The molecular formula is C49H30N6. The molecule has 1 spiro atoms. The molecule has 0 radical (unpaired) electrons. The summed E-state index contributed by atoms with van der Waals surface area (Å²) in [5.74, 6) is 1.30. The van der Waals surface area contributed by atoms with E-state index >= 15 is 0 Å². The number of hydrogen-bond acceptors (Lipinski definition) is 6. The van der Waals surface area contributed by atoms with Crippen LogP contribution in [0.5, 0.6) is 0 Å². The lowest BCUT2D eigenvalue weighted by atomic mass is 9.65. The van der Waals surface area contributed by atoms with E-state index in [1.165, 1.54) is 55.6 Å². The van der Waals surface area contributed by atoms with Gasteiger partial charge >= 0.3 is 0 Å². The minimum atomic E-state index is -0.657. The number of benzene rings is 5. The van der Waals surface area contributed by atoms with E-state index in [4.69, 9.17) is 19.9 Å². The highest BCUT2D eigenvalue weighted by molar-refractivity contribution is 5.98. The summed E-state index contributed by atoms with van der Waals surface area (Å²) in [6.07, 6.45) is 14.8. The Morgan fingerprint density at radius 2 is 0.691 bits per heavy atom. The van der Waals surface area contributed by atoms with Crippen LogP contribution < -0.4 is 0 Å². The fourth-order valence-corrected chi connectivity index (χ4v) is 8.69. The summed E-state index contributed by atoms with van der Waals surface area (Å²) in [5, 5.41) is 0. The zero-order valence-corrected chi connectivity index (χ0v) is 29.5. The first-order valence-corrected chi connectivity index (χ1v) is 18.3. The molecule has 11 rings (SSSR count). The molecule has 0 atom stereocenters. The average molecular weight is 703 g/mol. The number of hydrogen-bond donors (Lipinski definition) is 0. The quantitative estimate of drug-likeness (QED) is 0.182. The molecule has 0 amide bonds. The largest absolute Gasteiger partial charge is 0.264 e. The monoisotopic (exact) mass is 702 g/mol. The highest BCUT2D eigenvalue weighted by Crippen LogP contribution is 2.62. The van der Waals surface area contributed by atoms with Gasteiger partial charge in [0, 0.05) is 71.8 Å². The Kier molecular flexibility index (Phi) is 6.97. The van der Waals surface area contributed by atoms with Crippen molar-refractivity contribution in [3.8, 4) is 78.4 Å². The van der Waals surface area contributed by atoms with Crippen LogP contribution in [0.1, 0.15) is 22.3 Å². The standard InChI is InChI=1S/C49H30N6/c1-2-12-38-37(11-1)41-19-17-31(35-27-52-47(53-28-35)33-9-7-21-50-25-33)23-45(41)49(43-15-5-3-13-39(43)40-14-4-6-16-44(40)49)46-24-32(18-20-42(38)46)36-29-54-48(55-30-36)34-10-8-22-51-26-34/h1-30H. The first-order valence-electron chi connectivity index (χ1n) is 18.3. The zero-order valence-electron chi connectivity index (χ0n) is 29.5. The van der Waals surface area contributed by atoms with Gasteiger partial charge in [0.1, 0.15) is 0 Å². The molecule has 6 nitrogen and oxygen atoms in total. The van der Waals surface area contributed by atoms with Gasteiger partial charge in [-0.1, -0.05) is 97.1 Å². The van der Waals surface area contributed by atoms with Crippen LogP contribution in [-0.2, 0) is 5.41 Å². The third-order valence-corrected chi connectivity index (χ3v) is 11.1. The van der Waals surface area contributed by atoms with Crippen LogP contribution in [0.25, 0.3) is 78.4 Å². The molecular weight excluding hydrogens is 673 g/mol. The molecule has 0 fully saturated rings. The third kappa shape index (κ3) is 4.75. The van der Waals surface area contributed by atoms with Crippen molar-refractivity contribution >= 4 is 0 Å². The average Bonchev–Trinajstić information content (AvgIpc) is 3.52. The SMILES string of the molecule is c1cncc(-c2ncc(-c3ccc4c(c3)C3(c5cc(-c6cnc(-c7cccnc7)nc6)ccc5-c5ccccc5-4)c4ccccc4-c4ccccc43)cn2)c1. The van der Waals surface area contributed by atoms with Crippen molar-refractivity contribution in [2.45, 2.75) is 5.41 Å². The molecule has 55 heavy (non-hydrogen) atoms. The van der Waals surface area contributed by atoms with Gasteiger partial charge in [0.2, 0.25) is 0 Å². The number of aromatic nitrogens is 6. The van der Waals surface area contributed by atoms with Crippen molar-refractivity contribution < 1.29 is 0 Å². The Morgan fingerprint density at radius 3 is 1.11 bits per heavy atom. The van der Waals surface area contributed by atoms with Gasteiger partial charge in [-0.05, 0) is 103 Å². The van der Waals surface area contributed by atoms with Gasteiger partial charge in [-0.2, -0.15) is 0 Å². The molecule has 2 aliphatic rings. The van der Waals surface area contributed by atoms with Crippen molar-refractivity contribution in [3.05, 3.63) is 205 Å². The lowest BCUT2D eigenvalue weighted by Gasteiger charge is -2.36. The Bertz CT molecular complexity index is 2710. The van der Waals surface area contributed by atoms with Crippen molar-refractivity contribution in [2.75, 3.05) is 0 Å². The molecule has 6 heteroatoms. The van der Waals surface area contributed by atoms with Gasteiger partial charge in [0.15, 0.2) is 11.6 Å². The van der Waals surface area contributed by atoms with E-state index in [-0.39, 0.29) is 0 Å². The summed E-state index contributed by atoms with van der Waals surface area (Å²) in [4.78, 5) is 27.7. The lowest BCUT2D eigenvalue weighted by molar-refractivity contribution is 0.776. The maximum absolute atomic E-state index is 4.79. The van der Waals surface area contributed by atoms with Gasteiger partial charge in [-0.15, -0.1) is 0 Å². The summed E-state index contributed by atoms with van der Waals surface area (Å²) in [6.45, 7) is 0. The van der Waals surface area contributed by atoms with Crippen LogP contribution in [0.4, 0.5) is 0 Å². The summed E-state index contributed by atoms with van der Waals surface area (Å²) in [7, 11) is 0. The van der Waals surface area contributed by atoms with Gasteiger partial charge in [-0.3, -0.25) is 9.97 Å². The third-order valence-electron chi connectivity index (χ3n) is 11.1. The number of pyridine rings is 2. The van der Waals surface area contributed by atoms with E-state index in [0.717, 1.165) is 33.4 Å². The Hall–Kier alpha value is -7.44. The first kappa shape index (κ1) is 31.1. The molecule has 0 saturated heterocycles. The smallest absolute Gasteiger partial charge is 0.160 e. The van der Waals surface area contributed by atoms with Crippen LogP contribution in [0, 0.1) is 0 Å². The predicted molar refractivity (Wildman–Crippen MR) is 217 cm³/mol. The van der Waals surface area contributed by atoms with Crippen LogP contribution in [0.15, 0.2) is 183 Å². The summed E-state index contributed by atoms with van der Waals surface area (Å²) >= 11 is 0. The predicted octanol–water partition coefficient (Wildman–Crippen LogP) is 10.7. The normalized spacial score (nSPS) is 12.9. The van der Waals surface area contributed by atoms with Gasteiger partial charge in [0.05, 0.1) is 5.41 Å². The van der Waals surface area contributed by atoms with Crippen molar-refractivity contribution in [3.63, 3.8) is 0 Å². The van der Waals surface area contributed by atoms with E-state index < -0.39 is 5.41 Å². The fourth-order valence-electron chi connectivity index (χ4n) is 8.69. The van der Waals surface area contributed by atoms with Crippen molar-refractivity contribution in [1.82, 2.24) is 29.9 Å². The molecule has 4 heterocycles. The topological polar surface area (TPSA) is 77.3 Å². The number of fused-ring (bicyclic) bond motifs is 12. The highest BCUT2D eigenvalue weighted by atomic mass is 14.9. The maximum atomic E-state index is 4.79. The summed E-state index contributed by atoms with van der Waals surface area (Å²) in [6, 6.07) is 48.1. The van der Waals surface area contributed by atoms with Crippen LogP contribution >= 0.6 is 0 Å². The second kappa shape index (κ2) is 12.3. The van der Waals surface area contributed by atoms with Crippen molar-refractivity contribution in [2.24, 2.45) is 0 Å². The molecule has 9 aromatic rings. The van der Waals surface area contributed by atoms with Crippen LogP contribution in [0.3, 0.4) is 0 Å². The van der Waals surface area contributed by atoms with E-state index in [0.29, 0.717) is 11.6 Å². The van der Waals surface area contributed by atoms with E-state index in [1.807, 2.05) is 49.1 Å². The molecule has 4 aromatic heterocycles. The maximum Gasteiger partial charge on any atom is 0.160 e. The van der Waals surface area contributed by atoms with Gasteiger partial charge in [0.25, 0.3) is 0 Å². The van der Waals surface area contributed by atoms with Gasteiger partial charge in [-0.25, -0.2) is 19.9 Å². The second-order valence-corrected chi connectivity index (χ2v) is 14.0. The van der Waals surface area contributed by atoms with E-state index in [1.54, 1.807) is 24.8 Å². The summed E-state index contributed by atoms with van der Waals surface area (Å²) in [5.41, 5.74) is 17.3. The number of rotatable bonds is 4. The van der Waals surface area contributed by atoms with Crippen LogP contribution in [0.2, 0.25) is 0 Å². The van der Waals surface area contributed by atoms with Crippen LogP contribution in [-0.4, -0.2) is 29.9 Å². The molecule has 256 valence electrons. The second-order valence-electron chi connectivity index (χ2n) is 14.0. The number of nitrogens with zero attached hydrogens (tertiary/aromatic N) is 6. The fraction of sp³-hybridized carbons (Fsp3) is 0.0204. The van der Waals surface area contributed by atoms with E-state index in [9.17, 15) is 0 Å². The highest BCUT2D eigenvalue weighted by Gasteiger charge is 2.49. The summed E-state index contributed by atoms with van der Waals surface area (Å²) < 4.78 is 0. The van der Waals surface area contributed by atoms with Gasteiger partial charge < -0.3 is 0 Å². The molecule has 0 unspecified atom stereocenters. The first-order chi connectivity index (χ1) is 27.3. The molecule has 0 saturated carbocycles. The molecule has 0 aliphatic heterocycles. The molecule has 5 aromatic carbocycles. The molecule has 0 N–H and O–H groups in total. The Morgan fingerprint density at radius 1 is 0.291 bits per heavy atom. The lowest BCUT2D eigenvalue weighted by Crippen LogP contribution is -2.29. The molecule has 0 bridgehead atoms. The minimum absolute atomic E-state index is 0.648. The van der Waals surface area contributed by atoms with E-state index in [2.05, 4.69) is 119 Å². The minimum Gasteiger partial charge on any atom is -0.264 e. The Labute approximate surface area is 318 Å². The zero-order chi connectivity index (χ0) is 36.3.